The molecule has 0 aliphatic carbocycles. The maximum atomic E-state index is 8.52. The zero-order chi connectivity index (χ0) is 8.27. The van der Waals surface area contributed by atoms with E-state index in [-0.39, 0.29) is 0 Å². The van der Waals surface area contributed by atoms with E-state index in [1.54, 1.807) is 6.92 Å². The molecule has 0 spiro atoms. The summed E-state index contributed by atoms with van der Waals surface area (Å²) in [5.41, 5.74) is 1.29. The van der Waals surface area contributed by atoms with Gasteiger partial charge >= 0.3 is 0 Å². The summed E-state index contributed by atoms with van der Waals surface area (Å²) >= 11 is 0. The third kappa shape index (κ3) is 1.33. The summed E-state index contributed by atoms with van der Waals surface area (Å²) in [4.78, 5) is 7.74. The van der Waals surface area contributed by atoms with E-state index in [1.807, 2.05) is 6.07 Å². The molecule has 3 nitrogen and oxygen atoms in total. The van der Waals surface area contributed by atoms with Gasteiger partial charge in [-0.1, -0.05) is 0 Å². The highest BCUT2D eigenvalue weighted by Gasteiger charge is 1.99. The van der Waals surface area contributed by atoms with Crippen molar-refractivity contribution in [1.82, 2.24) is 9.97 Å². The van der Waals surface area contributed by atoms with Crippen LogP contribution >= 0.6 is 0 Å². The van der Waals surface area contributed by atoms with Gasteiger partial charge in [-0.25, -0.2) is 4.98 Å². The Labute approximate surface area is 64.7 Å². The fourth-order valence-corrected chi connectivity index (χ4v) is 0.625. The van der Waals surface area contributed by atoms with Crippen LogP contribution in [0.5, 0.6) is 0 Å². The minimum atomic E-state index is 0.292. The fourth-order valence-electron chi connectivity index (χ4n) is 0.625. The monoisotopic (exact) mass is 143 g/mol. The SMILES string of the molecule is C#Cc1cnc(C)c(C#N)n1. The van der Waals surface area contributed by atoms with Crippen molar-refractivity contribution in [1.29, 1.82) is 5.26 Å². The summed E-state index contributed by atoms with van der Waals surface area (Å²) in [5, 5.41) is 8.52. The molecule has 0 unspecified atom stereocenters. The average molecular weight is 143 g/mol. The fraction of sp³-hybridized carbons (Fsp3) is 0.125. The first kappa shape index (κ1) is 7.24. The Morgan fingerprint density at radius 2 is 2.36 bits per heavy atom. The maximum Gasteiger partial charge on any atom is 0.163 e. The van der Waals surface area contributed by atoms with Gasteiger partial charge in [0.15, 0.2) is 5.69 Å². The predicted octanol–water partition coefficient (Wildman–Crippen LogP) is 0.638. The number of aromatic nitrogens is 2. The molecule has 0 N–H and O–H groups in total. The molecule has 1 aromatic heterocycles. The zero-order valence-corrected chi connectivity index (χ0v) is 6.00. The highest BCUT2D eigenvalue weighted by Crippen LogP contribution is 1.99. The molecule has 0 radical (unpaired) electrons. The second-order valence-corrected chi connectivity index (χ2v) is 1.95. The summed E-state index contributed by atoms with van der Waals surface area (Å²) in [7, 11) is 0. The molecule has 52 valence electrons. The lowest BCUT2D eigenvalue weighted by molar-refractivity contribution is 1.07. The second kappa shape index (κ2) is 2.81. The van der Waals surface area contributed by atoms with Crippen molar-refractivity contribution in [3.8, 4) is 18.4 Å². The van der Waals surface area contributed by atoms with E-state index in [0.29, 0.717) is 17.1 Å². The minimum absolute atomic E-state index is 0.292. The van der Waals surface area contributed by atoms with E-state index >= 15 is 0 Å². The topological polar surface area (TPSA) is 49.6 Å². The summed E-state index contributed by atoms with van der Waals surface area (Å²) < 4.78 is 0. The first-order valence-corrected chi connectivity index (χ1v) is 2.98. The number of nitriles is 1. The number of terminal acetylenes is 1. The Hall–Kier alpha value is -1.87. The smallest absolute Gasteiger partial charge is 0.163 e. The van der Waals surface area contributed by atoms with Crippen LogP contribution in [0.4, 0.5) is 0 Å². The third-order valence-electron chi connectivity index (χ3n) is 1.21. The number of hydrogen-bond donors (Lipinski definition) is 0. The van der Waals surface area contributed by atoms with Gasteiger partial charge in [-0.05, 0) is 12.8 Å². The second-order valence-electron chi connectivity index (χ2n) is 1.95. The number of nitrogens with zero attached hydrogens (tertiary/aromatic N) is 3. The Morgan fingerprint density at radius 1 is 1.64 bits per heavy atom. The standard InChI is InChI=1S/C8H5N3/c1-3-7-5-10-6(2)8(4-9)11-7/h1,5H,2H3. The van der Waals surface area contributed by atoms with Crippen LogP contribution in [-0.2, 0) is 0 Å². The van der Waals surface area contributed by atoms with Gasteiger partial charge in [0.2, 0.25) is 0 Å². The molecule has 0 aliphatic rings. The molecule has 0 aromatic carbocycles. The Morgan fingerprint density at radius 3 is 2.91 bits per heavy atom. The van der Waals surface area contributed by atoms with E-state index in [4.69, 9.17) is 11.7 Å². The number of rotatable bonds is 0. The third-order valence-corrected chi connectivity index (χ3v) is 1.21. The van der Waals surface area contributed by atoms with Gasteiger partial charge in [-0.2, -0.15) is 5.26 Å². The molecule has 0 fully saturated rings. The molecule has 1 heterocycles. The average Bonchev–Trinajstić information content (AvgIpc) is 2.05. The van der Waals surface area contributed by atoms with Crippen molar-refractivity contribution in [3.63, 3.8) is 0 Å². The molecule has 0 saturated carbocycles. The lowest BCUT2D eigenvalue weighted by Gasteiger charge is -1.93. The zero-order valence-electron chi connectivity index (χ0n) is 6.00. The number of aryl methyl sites for hydroxylation is 1. The van der Waals surface area contributed by atoms with Gasteiger partial charge in [0.1, 0.15) is 11.8 Å². The first-order chi connectivity index (χ1) is 5.27. The Kier molecular flexibility index (Phi) is 1.85. The van der Waals surface area contributed by atoms with Crippen LogP contribution in [-0.4, -0.2) is 9.97 Å². The molecule has 11 heavy (non-hydrogen) atoms. The number of hydrogen-bond acceptors (Lipinski definition) is 3. The highest BCUT2D eigenvalue weighted by molar-refractivity contribution is 5.30. The van der Waals surface area contributed by atoms with Gasteiger partial charge < -0.3 is 0 Å². The predicted molar refractivity (Wildman–Crippen MR) is 39.4 cm³/mol. The van der Waals surface area contributed by atoms with Crippen LogP contribution in [0.2, 0.25) is 0 Å². The van der Waals surface area contributed by atoms with E-state index < -0.39 is 0 Å². The maximum absolute atomic E-state index is 8.52. The van der Waals surface area contributed by atoms with Gasteiger partial charge in [0.25, 0.3) is 0 Å². The molecular weight excluding hydrogens is 138 g/mol. The highest BCUT2D eigenvalue weighted by atomic mass is 14.8. The van der Waals surface area contributed by atoms with E-state index in [0.717, 1.165) is 0 Å². The van der Waals surface area contributed by atoms with Crippen molar-refractivity contribution in [2.45, 2.75) is 6.92 Å². The lowest BCUT2D eigenvalue weighted by atomic mass is 10.3. The van der Waals surface area contributed by atoms with Crippen LogP contribution < -0.4 is 0 Å². The molecule has 3 heteroatoms. The van der Waals surface area contributed by atoms with Crippen LogP contribution in [0, 0.1) is 30.6 Å². The molecule has 0 amide bonds. The van der Waals surface area contributed by atoms with Crippen LogP contribution in [0.1, 0.15) is 17.1 Å². The molecule has 0 aliphatic heterocycles. The molecule has 1 aromatic rings. The normalized spacial score (nSPS) is 8.27. The van der Waals surface area contributed by atoms with Gasteiger partial charge in [0.05, 0.1) is 11.9 Å². The van der Waals surface area contributed by atoms with Crippen molar-refractivity contribution in [2.24, 2.45) is 0 Å². The molecule has 0 saturated heterocycles. The van der Waals surface area contributed by atoms with Crippen LogP contribution in [0.3, 0.4) is 0 Å². The molecular formula is C8H5N3. The lowest BCUT2D eigenvalue weighted by Crippen LogP contribution is -1.94. The van der Waals surface area contributed by atoms with Crippen molar-refractivity contribution in [2.75, 3.05) is 0 Å². The van der Waals surface area contributed by atoms with Gasteiger partial charge in [0, 0.05) is 0 Å². The Balaban J connectivity index is 3.29. The summed E-state index contributed by atoms with van der Waals surface area (Å²) in [6, 6.07) is 1.90. The van der Waals surface area contributed by atoms with E-state index in [9.17, 15) is 0 Å². The summed E-state index contributed by atoms with van der Waals surface area (Å²) in [6.45, 7) is 1.71. The molecule has 0 bridgehead atoms. The van der Waals surface area contributed by atoms with Gasteiger partial charge in [-0.3, -0.25) is 4.98 Å². The van der Waals surface area contributed by atoms with Crippen molar-refractivity contribution < 1.29 is 0 Å². The van der Waals surface area contributed by atoms with Crippen LogP contribution in [0.15, 0.2) is 6.20 Å². The largest absolute Gasteiger partial charge is 0.256 e. The quantitative estimate of drug-likeness (QED) is 0.501. The Bertz CT molecular complexity index is 355. The van der Waals surface area contributed by atoms with E-state index in [1.165, 1.54) is 6.20 Å². The van der Waals surface area contributed by atoms with Crippen LogP contribution in [0.25, 0.3) is 0 Å². The minimum Gasteiger partial charge on any atom is -0.256 e. The van der Waals surface area contributed by atoms with Gasteiger partial charge in [-0.15, -0.1) is 6.42 Å². The molecule has 1 rings (SSSR count). The van der Waals surface area contributed by atoms with E-state index in [2.05, 4.69) is 15.9 Å². The summed E-state index contributed by atoms with van der Waals surface area (Å²) in [6.07, 6.45) is 6.53. The molecule has 0 atom stereocenters. The van der Waals surface area contributed by atoms with Crippen molar-refractivity contribution >= 4 is 0 Å². The first-order valence-electron chi connectivity index (χ1n) is 2.98. The van der Waals surface area contributed by atoms with Crippen molar-refractivity contribution in [3.05, 3.63) is 23.3 Å². The summed E-state index contributed by atoms with van der Waals surface area (Å²) in [5.74, 6) is 2.30.